The molecule has 4 heteroatoms. The third-order valence-electron chi connectivity index (χ3n) is 3.74. The van der Waals surface area contributed by atoms with Crippen LogP contribution >= 0.6 is 0 Å². The van der Waals surface area contributed by atoms with Gasteiger partial charge in [0.05, 0.1) is 11.6 Å². The van der Waals surface area contributed by atoms with Crippen LogP contribution in [0.5, 0.6) is 0 Å². The fourth-order valence-electron chi connectivity index (χ4n) is 2.60. The van der Waals surface area contributed by atoms with Crippen molar-refractivity contribution >= 4 is 11.5 Å². The number of allylic oxidation sites excluding steroid dienone is 1. The van der Waals surface area contributed by atoms with Crippen molar-refractivity contribution in [3.8, 4) is 0 Å². The number of nitrogens with zero attached hydrogens (tertiary/aromatic N) is 1. The summed E-state index contributed by atoms with van der Waals surface area (Å²) in [6.07, 6.45) is 6.57. The van der Waals surface area contributed by atoms with Gasteiger partial charge in [-0.1, -0.05) is 36.4 Å². The Kier molecular flexibility index (Phi) is 4.15. The van der Waals surface area contributed by atoms with Crippen LogP contribution in [0.1, 0.15) is 30.5 Å². The van der Waals surface area contributed by atoms with Gasteiger partial charge in [-0.15, -0.1) is 0 Å². The molecule has 1 N–H and O–H groups in total. The molecule has 1 aromatic heterocycles. The molecule has 0 radical (unpaired) electrons. The third kappa shape index (κ3) is 3.40. The van der Waals surface area contributed by atoms with E-state index >= 15 is 0 Å². The smallest absolute Gasteiger partial charge is 0.313 e. The fourth-order valence-corrected chi connectivity index (χ4v) is 2.60. The molecule has 0 saturated heterocycles. The van der Waals surface area contributed by atoms with Crippen LogP contribution in [-0.4, -0.2) is 16.2 Å². The minimum Gasteiger partial charge on any atom is -0.460 e. The van der Waals surface area contributed by atoms with Gasteiger partial charge in [0.1, 0.15) is 6.61 Å². The molecule has 21 heavy (non-hydrogen) atoms. The van der Waals surface area contributed by atoms with Crippen LogP contribution in [0.15, 0.2) is 48.7 Å². The Bertz CT molecular complexity index is 618. The summed E-state index contributed by atoms with van der Waals surface area (Å²) < 4.78 is 5.42. The molecular weight excluding hydrogens is 264 g/mol. The monoisotopic (exact) mass is 282 g/mol. The Morgan fingerprint density at radius 3 is 2.90 bits per heavy atom. The highest BCUT2D eigenvalue weighted by molar-refractivity contribution is 5.78. The number of hydrogen-bond donors (Lipinski definition) is 1. The van der Waals surface area contributed by atoms with Gasteiger partial charge in [0, 0.05) is 6.20 Å². The van der Waals surface area contributed by atoms with Crippen LogP contribution in [0.25, 0.3) is 5.57 Å². The van der Waals surface area contributed by atoms with Crippen LogP contribution < -0.4 is 0 Å². The average molecular weight is 282 g/mol. The standard InChI is InChI=1S/C17H18N2O2/c20-17(21-12-13-5-2-1-3-6-13)15-8-4-7-14(11-15)16-9-10-18-19-16/h1-3,5-6,9-11,15H,4,7-8,12H2,(H,18,19). The van der Waals surface area contributed by atoms with Gasteiger partial charge in [0.2, 0.25) is 0 Å². The molecule has 3 rings (SSSR count). The minimum atomic E-state index is -0.152. The summed E-state index contributed by atoms with van der Waals surface area (Å²) in [6.45, 7) is 0.337. The van der Waals surface area contributed by atoms with Crippen molar-refractivity contribution in [3.63, 3.8) is 0 Å². The molecule has 0 fully saturated rings. The summed E-state index contributed by atoms with van der Waals surface area (Å²) in [5, 5.41) is 6.92. The Morgan fingerprint density at radius 1 is 1.29 bits per heavy atom. The zero-order valence-electron chi connectivity index (χ0n) is 11.8. The number of H-pyrrole nitrogens is 1. The van der Waals surface area contributed by atoms with Gasteiger partial charge < -0.3 is 4.74 Å². The second-order valence-electron chi connectivity index (χ2n) is 5.25. The van der Waals surface area contributed by atoms with Gasteiger partial charge >= 0.3 is 5.97 Å². The van der Waals surface area contributed by atoms with Crippen LogP contribution in [0, 0.1) is 5.92 Å². The van der Waals surface area contributed by atoms with E-state index < -0.39 is 0 Å². The number of nitrogens with one attached hydrogen (secondary N) is 1. The van der Waals surface area contributed by atoms with Gasteiger partial charge in [0.15, 0.2) is 0 Å². The normalized spacial score (nSPS) is 18.1. The lowest BCUT2D eigenvalue weighted by Crippen LogP contribution is -2.18. The molecular formula is C17H18N2O2. The first-order valence-corrected chi connectivity index (χ1v) is 7.24. The average Bonchev–Trinajstić information content (AvgIpc) is 3.08. The summed E-state index contributed by atoms with van der Waals surface area (Å²) in [5.74, 6) is -0.295. The molecule has 0 amide bonds. The number of esters is 1. The molecule has 2 aromatic rings. The molecule has 1 heterocycles. The van der Waals surface area contributed by atoms with E-state index in [0.29, 0.717) is 6.61 Å². The van der Waals surface area contributed by atoms with Gasteiger partial charge in [-0.05, 0) is 36.5 Å². The van der Waals surface area contributed by atoms with Crippen molar-refractivity contribution in [2.24, 2.45) is 5.92 Å². The topological polar surface area (TPSA) is 55.0 Å². The van der Waals surface area contributed by atoms with Gasteiger partial charge in [0.25, 0.3) is 0 Å². The molecule has 0 saturated carbocycles. The lowest BCUT2D eigenvalue weighted by molar-refractivity contribution is -0.148. The molecule has 1 unspecified atom stereocenters. The predicted octanol–water partition coefficient (Wildman–Crippen LogP) is 3.34. The van der Waals surface area contributed by atoms with Crippen molar-refractivity contribution in [2.45, 2.75) is 25.9 Å². The van der Waals surface area contributed by atoms with E-state index in [1.54, 1.807) is 6.20 Å². The van der Waals surface area contributed by atoms with Crippen molar-refractivity contribution in [1.82, 2.24) is 10.2 Å². The highest BCUT2D eigenvalue weighted by atomic mass is 16.5. The van der Waals surface area contributed by atoms with Crippen LogP contribution in [0.4, 0.5) is 0 Å². The van der Waals surface area contributed by atoms with Crippen LogP contribution in [-0.2, 0) is 16.1 Å². The molecule has 1 aliphatic rings. The van der Waals surface area contributed by atoms with Crippen LogP contribution in [0.3, 0.4) is 0 Å². The van der Waals surface area contributed by atoms with Crippen molar-refractivity contribution in [3.05, 3.63) is 59.9 Å². The highest BCUT2D eigenvalue weighted by Gasteiger charge is 2.23. The number of aromatic nitrogens is 2. The molecule has 0 aliphatic heterocycles. The first-order valence-electron chi connectivity index (χ1n) is 7.24. The lowest BCUT2D eigenvalue weighted by atomic mass is 9.89. The van der Waals surface area contributed by atoms with E-state index in [9.17, 15) is 4.79 Å². The first kappa shape index (κ1) is 13.6. The van der Waals surface area contributed by atoms with E-state index in [0.717, 1.165) is 36.1 Å². The Balaban J connectivity index is 1.63. The second-order valence-corrected chi connectivity index (χ2v) is 5.25. The third-order valence-corrected chi connectivity index (χ3v) is 3.74. The number of ether oxygens (including phenoxy) is 1. The number of hydrogen-bond acceptors (Lipinski definition) is 3. The van der Waals surface area contributed by atoms with E-state index in [1.807, 2.05) is 42.5 Å². The lowest BCUT2D eigenvalue weighted by Gasteiger charge is -2.19. The molecule has 108 valence electrons. The van der Waals surface area contributed by atoms with Gasteiger partial charge in [-0.25, -0.2) is 0 Å². The minimum absolute atomic E-state index is 0.143. The fraction of sp³-hybridized carbons (Fsp3) is 0.294. The molecule has 1 aliphatic carbocycles. The maximum absolute atomic E-state index is 12.2. The number of carbonyl (C=O) groups is 1. The number of carbonyl (C=O) groups excluding carboxylic acids is 1. The van der Waals surface area contributed by atoms with Gasteiger partial charge in [-0.3, -0.25) is 9.89 Å². The quantitative estimate of drug-likeness (QED) is 0.875. The zero-order chi connectivity index (χ0) is 14.5. The van der Waals surface area contributed by atoms with Crippen molar-refractivity contribution in [1.29, 1.82) is 0 Å². The summed E-state index contributed by atoms with van der Waals surface area (Å²) in [7, 11) is 0. The molecule has 1 atom stereocenters. The largest absolute Gasteiger partial charge is 0.460 e. The predicted molar refractivity (Wildman–Crippen MR) is 80.1 cm³/mol. The van der Waals surface area contributed by atoms with Crippen LogP contribution in [0.2, 0.25) is 0 Å². The summed E-state index contributed by atoms with van der Waals surface area (Å²) in [5.41, 5.74) is 3.16. The van der Waals surface area contributed by atoms with E-state index in [2.05, 4.69) is 10.2 Å². The summed E-state index contributed by atoms with van der Waals surface area (Å²) >= 11 is 0. The molecule has 0 bridgehead atoms. The zero-order valence-corrected chi connectivity index (χ0v) is 11.8. The van der Waals surface area contributed by atoms with E-state index in [4.69, 9.17) is 4.74 Å². The van der Waals surface area contributed by atoms with Crippen molar-refractivity contribution in [2.75, 3.05) is 0 Å². The maximum atomic E-state index is 12.2. The van der Waals surface area contributed by atoms with Crippen molar-refractivity contribution < 1.29 is 9.53 Å². The van der Waals surface area contributed by atoms with Gasteiger partial charge in [-0.2, -0.15) is 5.10 Å². The Hall–Kier alpha value is -2.36. The van der Waals surface area contributed by atoms with E-state index in [-0.39, 0.29) is 11.9 Å². The molecule has 0 spiro atoms. The highest BCUT2D eigenvalue weighted by Crippen LogP contribution is 2.29. The Morgan fingerprint density at radius 2 is 2.14 bits per heavy atom. The Labute approximate surface area is 123 Å². The second kappa shape index (κ2) is 6.39. The number of aromatic amines is 1. The SMILES string of the molecule is O=C(OCc1ccccc1)C1C=C(c2ccn[nH]2)CCC1. The summed E-state index contributed by atoms with van der Waals surface area (Å²) in [6, 6.07) is 11.7. The number of benzene rings is 1. The first-order chi connectivity index (χ1) is 10.3. The van der Waals surface area contributed by atoms with E-state index in [1.165, 1.54) is 0 Å². The number of rotatable bonds is 4. The maximum Gasteiger partial charge on any atom is 0.313 e. The molecule has 4 nitrogen and oxygen atoms in total. The molecule has 1 aromatic carbocycles. The summed E-state index contributed by atoms with van der Waals surface area (Å²) in [4.78, 5) is 12.2.